The summed E-state index contributed by atoms with van der Waals surface area (Å²) in [5, 5.41) is 2.88. The minimum atomic E-state index is -0.814. The fourth-order valence-corrected chi connectivity index (χ4v) is 4.08. The average molecular weight is 527 g/mol. The van der Waals surface area contributed by atoms with Crippen molar-refractivity contribution in [3.05, 3.63) is 119 Å². The second kappa shape index (κ2) is 10.6. The molecule has 0 radical (unpaired) electrons. The highest BCUT2D eigenvalue weighted by atomic mass is 35.5. The van der Waals surface area contributed by atoms with Crippen LogP contribution in [0.2, 0.25) is 5.02 Å². The standard InChI is InChI=1S/C29H19ClN2O6/c30-24-8-4-5-9-25(24)32-27(34)22-15-10-18(16-23(22)28(32)35)29(36)37-17-26(33)31-19-11-13-21(14-12-19)38-20-6-2-1-3-7-20/h1-16H,17H2,(H,31,33). The Labute approximate surface area is 222 Å². The Hall–Kier alpha value is -4.95. The minimum absolute atomic E-state index is 0.0288. The number of rotatable bonds is 7. The van der Waals surface area contributed by atoms with E-state index in [4.69, 9.17) is 21.1 Å². The van der Waals surface area contributed by atoms with Crippen LogP contribution in [0.4, 0.5) is 11.4 Å². The van der Waals surface area contributed by atoms with Crippen LogP contribution in [-0.4, -0.2) is 30.3 Å². The van der Waals surface area contributed by atoms with Gasteiger partial charge < -0.3 is 14.8 Å². The molecule has 0 fully saturated rings. The molecule has 3 amide bonds. The van der Waals surface area contributed by atoms with Crippen molar-refractivity contribution in [3.63, 3.8) is 0 Å². The smallest absolute Gasteiger partial charge is 0.338 e. The number of carbonyl (C=O) groups is 4. The number of carbonyl (C=O) groups excluding carboxylic acids is 4. The summed E-state index contributed by atoms with van der Waals surface area (Å²) in [7, 11) is 0. The summed E-state index contributed by atoms with van der Waals surface area (Å²) in [4.78, 5) is 51.6. The number of nitrogens with one attached hydrogen (secondary N) is 1. The maximum atomic E-state index is 13.0. The van der Waals surface area contributed by atoms with Gasteiger partial charge in [-0.2, -0.15) is 0 Å². The lowest BCUT2D eigenvalue weighted by atomic mass is 10.1. The normalized spacial score (nSPS) is 12.2. The first-order valence-electron chi connectivity index (χ1n) is 11.5. The summed E-state index contributed by atoms with van der Waals surface area (Å²) in [6.07, 6.45) is 0. The Bertz CT molecular complexity index is 1550. The Kier molecular flexibility index (Phi) is 6.88. The number of fused-ring (bicyclic) bond motifs is 1. The Morgan fingerprint density at radius 3 is 2.16 bits per heavy atom. The van der Waals surface area contributed by atoms with Gasteiger partial charge in [-0.1, -0.05) is 41.9 Å². The molecule has 1 N–H and O–H groups in total. The molecule has 8 nitrogen and oxygen atoms in total. The van der Waals surface area contributed by atoms with Crippen LogP contribution in [0.5, 0.6) is 11.5 Å². The zero-order chi connectivity index (χ0) is 26.6. The van der Waals surface area contributed by atoms with Crippen molar-refractivity contribution >= 4 is 46.7 Å². The van der Waals surface area contributed by atoms with Gasteiger partial charge in [-0.05, 0) is 66.7 Å². The number of para-hydroxylation sites is 2. The van der Waals surface area contributed by atoms with Gasteiger partial charge >= 0.3 is 5.97 Å². The van der Waals surface area contributed by atoms with Gasteiger partial charge in [0.25, 0.3) is 17.7 Å². The number of hydrogen-bond acceptors (Lipinski definition) is 6. The number of nitrogens with zero attached hydrogens (tertiary/aromatic N) is 1. The van der Waals surface area contributed by atoms with Crippen molar-refractivity contribution < 1.29 is 28.7 Å². The minimum Gasteiger partial charge on any atom is -0.457 e. The van der Waals surface area contributed by atoms with E-state index in [0.717, 1.165) is 4.90 Å². The molecule has 0 saturated heterocycles. The molecule has 0 aliphatic carbocycles. The highest BCUT2D eigenvalue weighted by molar-refractivity contribution is 6.39. The monoisotopic (exact) mass is 526 g/mol. The van der Waals surface area contributed by atoms with Gasteiger partial charge in [0.15, 0.2) is 6.61 Å². The zero-order valence-corrected chi connectivity index (χ0v) is 20.5. The fraction of sp³-hybridized carbons (Fsp3) is 0.0345. The number of halogens is 1. The van der Waals surface area contributed by atoms with E-state index in [1.165, 1.54) is 18.2 Å². The highest BCUT2D eigenvalue weighted by Gasteiger charge is 2.38. The highest BCUT2D eigenvalue weighted by Crippen LogP contribution is 2.33. The quantitative estimate of drug-likeness (QED) is 0.244. The maximum absolute atomic E-state index is 13.0. The van der Waals surface area contributed by atoms with E-state index in [0.29, 0.717) is 17.2 Å². The zero-order valence-electron chi connectivity index (χ0n) is 19.7. The van der Waals surface area contributed by atoms with Crippen molar-refractivity contribution in [3.8, 4) is 11.5 Å². The Morgan fingerprint density at radius 1 is 0.763 bits per heavy atom. The van der Waals surface area contributed by atoms with Gasteiger partial charge in [-0.15, -0.1) is 0 Å². The van der Waals surface area contributed by atoms with E-state index >= 15 is 0 Å². The van der Waals surface area contributed by atoms with Gasteiger partial charge in [0.1, 0.15) is 11.5 Å². The summed E-state index contributed by atoms with van der Waals surface area (Å²) in [6.45, 7) is -0.545. The summed E-state index contributed by atoms with van der Waals surface area (Å²) < 4.78 is 10.8. The second-order valence-electron chi connectivity index (χ2n) is 8.22. The molecule has 38 heavy (non-hydrogen) atoms. The lowest BCUT2D eigenvalue weighted by molar-refractivity contribution is -0.119. The molecular weight excluding hydrogens is 508 g/mol. The van der Waals surface area contributed by atoms with Gasteiger partial charge in [0.2, 0.25) is 0 Å². The molecule has 0 unspecified atom stereocenters. The first-order valence-corrected chi connectivity index (χ1v) is 11.9. The van der Waals surface area contributed by atoms with Crippen molar-refractivity contribution in [1.82, 2.24) is 0 Å². The van der Waals surface area contributed by atoms with Gasteiger partial charge in [0.05, 0.1) is 27.4 Å². The number of imide groups is 1. The van der Waals surface area contributed by atoms with E-state index in [2.05, 4.69) is 5.32 Å². The van der Waals surface area contributed by atoms with Crippen molar-refractivity contribution in [2.45, 2.75) is 0 Å². The number of esters is 1. The van der Waals surface area contributed by atoms with Crippen molar-refractivity contribution in [2.24, 2.45) is 0 Å². The molecule has 1 heterocycles. The molecule has 4 aromatic rings. The van der Waals surface area contributed by atoms with E-state index in [9.17, 15) is 19.2 Å². The van der Waals surface area contributed by atoms with Gasteiger partial charge in [-0.25, -0.2) is 9.69 Å². The largest absolute Gasteiger partial charge is 0.457 e. The number of benzene rings is 4. The van der Waals surface area contributed by atoms with Crippen LogP contribution in [0.1, 0.15) is 31.1 Å². The number of hydrogen-bond donors (Lipinski definition) is 1. The Balaban J connectivity index is 1.19. The van der Waals surface area contributed by atoms with Crippen LogP contribution in [0.25, 0.3) is 0 Å². The molecule has 4 aromatic carbocycles. The maximum Gasteiger partial charge on any atom is 0.338 e. The van der Waals surface area contributed by atoms with E-state index in [1.54, 1.807) is 48.5 Å². The van der Waals surface area contributed by atoms with Crippen molar-refractivity contribution in [2.75, 3.05) is 16.8 Å². The molecule has 0 atom stereocenters. The van der Waals surface area contributed by atoms with Crippen LogP contribution in [0.15, 0.2) is 97.1 Å². The predicted molar refractivity (Wildman–Crippen MR) is 141 cm³/mol. The topological polar surface area (TPSA) is 102 Å². The molecular formula is C29H19ClN2O6. The van der Waals surface area contributed by atoms with Gasteiger partial charge in [0, 0.05) is 5.69 Å². The lowest BCUT2D eigenvalue weighted by Crippen LogP contribution is -2.29. The summed E-state index contributed by atoms with van der Waals surface area (Å²) in [6, 6.07) is 26.5. The fourth-order valence-electron chi connectivity index (χ4n) is 3.86. The molecule has 0 spiro atoms. The number of amides is 3. The van der Waals surface area contributed by atoms with E-state index in [-0.39, 0.29) is 27.4 Å². The molecule has 0 aromatic heterocycles. The molecule has 1 aliphatic rings. The van der Waals surface area contributed by atoms with Crippen LogP contribution < -0.4 is 15.0 Å². The van der Waals surface area contributed by atoms with Crippen LogP contribution in [-0.2, 0) is 9.53 Å². The summed E-state index contributed by atoms with van der Waals surface area (Å²) >= 11 is 6.16. The van der Waals surface area contributed by atoms with E-state index < -0.39 is 30.3 Å². The molecule has 0 saturated carbocycles. The molecule has 0 bridgehead atoms. The van der Waals surface area contributed by atoms with Crippen LogP contribution >= 0.6 is 11.6 Å². The number of ether oxygens (including phenoxy) is 2. The van der Waals surface area contributed by atoms with Crippen molar-refractivity contribution in [1.29, 1.82) is 0 Å². The number of anilines is 2. The van der Waals surface area contributed by atoms with Crippen LogP contribution in [0, 0.1) is 0 Å². The Morgan fingerprint density at radius 2 is 1.42 bits per heavy atom. The lowest BCUT2D eigenvalue weighted by Gasteiger charge is -2.15. The molecule has 9 heteroatoms. The molecule has 5 rings (SSSR count). The molecule has 188 valence electrons. The first kappa shape index (κ1) is 24.7. The summed E-state index contributed by atoms with van der Waals surface area (Å²) in [5.41, 5.74) is 0.963. The predicted octanol–water partition coefficient (Wildman–Crippen LogP) is 5.73. The third-order valence-corrected chi connectivity index (χ3v) is 5.99. The summed E-state index contributed by atoms with van der Waals surface area (Å²) in [5.74, 6) is -1.23. The SMILES string of the molecule is O=C(COC(=O)c1ccc2c(c1)C(=O)N(c1ccccc1Cl)C2=O)Nc1ccc(Oc2ccccc2)cc1. The van der Waals surface area contributed by atoms with E-state index in [1.807, 2.05) is 30.3 Å². The third kappa shape index (κ3) is 5.11. The second-order valence-corrected chi connectivity index (χ2v) is 8.63. The van der Waals surface area contributed by atoms with Crippen LogP contribution in [0.3, 0.4) is 0 Å². The third-order valence-electron chi connectivity index (χ3n) is 5.67. The first-order chi connectivity index (χ1) is 18.4. The van der Waals surface area contributed by atoms with Gasteiger partial charge in [-0.3, -0.25) is 14.4 Å². The average Bonchev–Trinajstić information content (AvgIpc) is 3.18. The molecule has 1 aliphatic heterocycles.